The van der Waals surface area contributed by atoms with Crippen LogP contribution in [0.3, 0.4) is 0 Å². The Morgan fingerprint density at radius 2 is 2.22 bits per heavy atom. The van der Waals surface area contributed by atoms with Gasteiger partial charge in [0.25, 0.3) is 5.91 Å². The van der Waals surface area contributed by atoms with E-state index in [0.29, 0.717) is 11.4 Å². The highest BCUT2D eigenvalue weighted by atomic mass is 16.5. The van der Waals surface area contributed by atoms with E-state index in [-0.39, 0.29) is 24.6 Å². The highest BCUT2D eigenvalue weighted by Gasteiger charge is 2.16. The van der Waals surface area contributed by atoms with Gasteiger partial charge in [0.15, 0.2) is 0 Å². The third kappa shape index (κ3) is 3.61. The maximum absolute atomic E-state index is 11.9. The molecule has 100 valence electrons. The minimum atomic E-state index is -0.755. The second-order valence-corrected chi connectivity index (χ2v) is 3.74. The molecule has 0 saturated carbocycles. The Labute approximate surface area is 106 Å². The van der Waals surface area contributed by atoms with Gasteiger partial charge in [-0.3, -0.25) is 4.79 Å². The van der Waals surface area contributed by atoms with Gasteiger partial charge < -0.3 is 25.6 Å². The van der Waals surface area contributed by atoms with Crippen molar-refractivity contribution in [2.45, 2.75) is 6.10 Å². The predicted molar refractivity (Wildman–Crippen MR) is 67.6 cm³/mol. The topological polar surface area (TPSA) is 93.8 Å². The Kier molecular flexibility index (Phi) is 5.41. The van der Waals surface area contributed by atoms with Gasteiger partial charge in [-0.1, -0.05) is 6.07 Å². The zero-order valence-electron chi connectivity index (χ0n) is 10.5. The number of hydrogen-bond acceptors (Lipinski definition) is 5. The zero-order chi connectivity index (χ0) is 13.5. The maximum Gasteiger partial charge on any atom is 0.257 e. The number of anilines is 1. The van der Waals surface area contributed by atoms with Gasteiger partial charge in [-0.25, -0.2) is 0 Å². The predicted octanol–water partition coefficient (Wildman–Crippen LogP) is 0.0145. The lowest BCUT2D eigenvalue weighted by Crippen LogP contribution is -2.34. The number of benzene rings is 1. The molecule has 0 aliphatic heterocycles. The van der Waals surface area contributed by atoms with Crippen molar-refractivity contribution in [3.63, 3.8) is 0 Å². The Morgan fingerprint density at radius 1 is 1.50 bits per heavy atom. The number of carbonyl (C=O) groups excluding carboxylic acids is 1. The minimum absolute atomic E-state index is 0.0875. The fourth-order valence-electron chi connectivity index (χ4n) is 1.51. The van der Waals surface area contributed by atoms with E-state index in [9.17, 15) is 9.90 Å². The molecule has 1 unspecified atom stereocenters. The van der Waals surface area contributed by atoms with Crippen molar-refractivity contribution in [3.8, 4) is 5.75 Å². The van der Waals surface area contributed by atoms with Crippen LogP contribution in [0, 0.1) is 0 Å². The van der Waals surface area contributed by atoms with E-state index < -0.39 is 6.10 Å². The summed E-state index contributed by atoms with van der Waals surface area (Å²) >= 11 is 0. The number of nitrogen functional groups attached to an aromatic ring is 1. The van der Waals surface area contributed by atoms with Crippen molar-refractivity contribution >= 4 is 11.6 Å². The van der Waals surface area contributed by atoms with Crippen LogP contribution in [0.1, 0.15) is 10.4 Å². The quantitative estimate of drug-likeness (QED) is 0.622. The Morgan fingerprint density at radius 3 is 2.83 bits per heavy atom. The molecule has 0 spiro atoms. The maximum atomic E-state index is 11.9. The monoisotopic (exact) mass is 254 g/mol. The first-order chi connectivity index (χ1) is 8.60. The normalized spacial score (nSPS) is 11.9. The molecule has 6 nitrogen and oxygen atoms in total. The number of methoxy groups -OCH3 is 2. The van der Waals surface area contributed by atoms with Gasteiger partial charge in [0, 0.05) is 19.3 Å². The van der Waals surface area contributed by atoms with E-state index in [1.807, 2.05) is 0 Å². The molecular formula is C12H18N2O4. The molecule has 0 heterocycles. The van der Waals surface area contributed by atoms with E-state index in [2.05, 4.69) is 5.32 Å². The van der Waals surface area contributed by atoms with E-state index in [0.717, 1.165) is 0 Å². The van der Waals surface area contributed by atoms with Gasteiger partial charge in [0.1, 0.15) is 11.3 Å². The summed E-state index contributed by atoms with van der Waals surface area (Å²) in [6.45, 7) is 0.242. The van der Waals surface area contributed by atoms with Crippen molar-refractivity contribution in [1.29, 1.82) is 0 Å². The summed E-state index contributed by atoms with van der Waals surface area (Å²) < 4.78 is 9.83. The molecule has 0 bridgehead atoms. The molecule has 1 rings (SSSR count). The van der Waals surface area contributed by atoms with E-state index in [1.165, 1.54) is 14.2 Å². The Hall–Kier alpha value is -1.79. The van der Waals surface area contributed by atoms with Crippen LogP contribution in [0.25, 0.3) is 0 Å². The molecule has 0 saturated heterocycles. The summed E-state index contributed by atoms with van der Waals surface area (Å²) in [5, 5.41) is 12.0. The molecular weight excluding hydrogens is 236 g/mol. The number of aliphatic hydroxyl groups excluding tert-OH is 1. The van der Waals surface area contributed by atoms with E-state index in [4.69, 9.17) is 15.2 Å². The van der Waals surface area contributed by atoms with Crippen LogP contribution in [0.4, 0.5) is 5.69 Å². The summed E-state index contributed by atoms with van der Waals surface area (Å²) in [5.74, 6) is 0.00818. The van der Waals surface area contributed by atoms with Crippen molar-refractivity contribution in [2.75, 3.05) is 33.1 Å². The first kappa shape index (κ1) is 14.3. The summed E-state index contributed by atoms with van der Waals surface area (Å²) in [7, 11) is 2.94. The fraction of sp³-hybridized carbons (Fsp3) is 0.417. The summed E-state index contributed by atoms with van der Waals surface area (Å²) in [6, 6.07) is 4.96. The van der Waals surface area contributed by atoms with Gasteiger partial charge in [0.2, 0.25) is 0 Å². The standard InChI is InChI=1S/C12H18N2O4/c1-17-7-8(15)6-14-12(16)11-9(13)4-3-5-10(11)18-2/h3-5,8,15H,6-7,13H2,1-2H3,(H,14,16). The molecule has 0 fully saturated rings. The van der Waals surface area contributed by atoms with Crippen LogP contribution in [0.2, 0.25) is 0 Å². The molecule has 1 aromatic rings. The number of aliphatic hydroxyl groups is 1. The van der Waals surface area contributed by atoms with Crippen LogP contribution in [0.5, 0.6) is 5.75 Å². The minimum Gasteiger partial charge on any atom is -0.496 e. The highest BCUT2D eigenvalue weighted by molar-refractivity contribution is 6.01. The lowest BCUT2D eigenvalue weighted by atomic mass is 10.1. The zero-order valence-corrected chi connectivity index (χ0v) is 10.5. The van der Waals surface area contributed by atoms with Gasteiger partial charge in [0.05, 0.1) is 19.8 Å². The van der Waals surface area contributed by atoms with Crippen LogP contribution in [-0.4, -0.2) is 44.5 Å². The average molecular weight is 254 g/mol. The van der Waals surface area contributed by atoms with Gasteiger partial charge in [-0.05, 0) is 12.1 Å². The Balaban J connectivity index is 2.72. The number of nitrogens with two attached hydrogens (primary N) is 1. The molecule has 1 atom stereocenters. The van der Waals surface area contributed by atoms with Crippen molar-refractivity contribution in [2.24, 2.45) is 0 Å². The van der Waals surface area contributed by atoms with Crippen molar-refractivity contribution in [3.05, 3.63) is 23.8 Å². The number of hydrogen-bond donors (Lipinski definition) is 3. The molecule has 0 radical (unpaired) electrons. The van der Waals surface area contributed by atoms with Gasteiger partial charge >= 0.3 is 0 Å². The number of amides is 1. The molecule has 0 aliphatic rings. The smallest absolute Gasteiger partial charge is 0.257 e. The van der Waals surface area contributed by atoms with E-state index in [1.54, 1.807) is 18.2 Å². The third-order valence-electron chi connectivity index (χ3n) is 2.36. The van der Waals surface area contributed by atoms with Crippen LogP contribution >= 0.6 is 0 Å². The second kappa shape index (κ2) is 6.83. The second-order valence-electron chi connectivity index (χ2n) is 3.74. The van der Waals surface area contributed by atoms with Crippen molar-refractivity contribution < 1.29 is 19.4 Å². The average Bonchev–Trinajstić information content (AvgIpc) is 2.36. The molecule has 18 heavy (non-hydrogen) atoms. The van der Waals surface area contributed by atoms with Gasteiger partial charge in [-0.2, -0.15) is 0 Å². The number of nitrogens with one attached hydrogen (secondary N) is 1. The van der Waals surface area contributed by atoms with Gasteiger partial charge in [-0.15, -0.1) is 0 Å². The molecule has 4 N–H and O–H groups in total. The lowest BCUT2D eigenvalue weighted by Gasteiger charge is -2.13. The molecule has 6 heteroatoms. The van der Waals surface area contributed by atoms with E-state index >= 15 is 0 Å². The summed E-state index contributed by atoms with van der Waals surface area (Å²) in [6.07, 6.45) is -0.755. The SMILES string of the molecule is COCC(O)CNC(=O)c1c(N)cccc1OC. The summed E-state index contributed by atoms with van der Waals surface area (Å²) in [4.78, 5) is 11.9. The van der Waals surface area contributed by atoms with Crippen LogP contribution in [0.15, 0.2) is 18.2 Å². The number of rotatable bonds is 6. The first-order valence-corrected chi connectivity index (χ1v) is 5.47. The van der Waals surface area contributed by atoms with Crippen LogP contribution in [-0.2, 0) is 4.74 Å². The molecule has 1 aromatic carbocycles. The fourth-order valence-corrected chi connectivity index (χ4v) is 1.51. The molecule has 1 amide bonds. The largest absolute Gasteiger partial charge is 0.496 e. The Bertz CT molecular complexity index is 409. The number of carbonyl (C=O) groups is 1. The molecule has 0 aliphatic carbocycles. The first-order valence-electron chi connectivity index (χ1n) is 5.47. The molecule has 0 aromatic heterocycles. The third-order valence-corrected chi connectivity index (χ3v) is 2.36. The highest BCUT2D eigenvalue weighted by Crippen LogP contribution is 2.23. The van der Waals surface area contributed by atoms with Crippen molar-refractivity contribution in [1.82, 2.24) is 5.32 Å². The number of ether oxygens (including phenoxy) is 2. The van der Waals surface area contributed by atoms with Crippen LogP contribution < -0.4 is 15.8 Å². The lowest BCUT2D eigenvalue weighted by molar-refractivity contribution is 0.0609. The summed E-state index contributed by atoms with van der Waals surface area (Å²) in [5.41, 5.74) is 6.33.